The van der Waals surface area contributed by atoms with Gasteiger partial charge in [0.1, 0.15) is 6.04 Å². The number of ether oxygens (including phenoxy) is 1. The van der Waals surface area contributed by atoms with Crippen LogP contribution in [-0.2, 0) is 9.53 Å². The molecule has 0 aromatic rings. The van der Waals surface area contributed by atoms with E-state index in [1.165, 1.54) is 0 Å². The molecule has 0 aromatic carbocycles. The molecule has 0 aliphatic carbocycles. The molecule has 2 N–H and O–H groups in total. The van der Waals surface area contributed by atoms with Gasteiger partial charge < -0.3 is 20.1 Å². The van der Waals surface area contributed by atoms with Gasteiger partial charge in [-0.2, -0.15) is 0 Å². The van der Waals surface area contributed by atoms with E-state index >= 15 is 0 Å². The third-order valence-electron chi connectivity index (χ3n) is 3.09. The summed E-state index contributed by atoms with van der Waals surface area (Å²) in [5.74, 6) is -0.994. The van der Waals surface area contributed by atoms with Crippen LogP contribution in [0.2, 0.25) is 0 Å². The minimum atomic E-state index is -0.994. The predicted molar refractivity (Wildman–Crippen MR) is 73.2 cm³/mol. The lowest BCUT2D eigenvalue weighted by atomic mass is 10.1. The van der Waals surface area contributed by atoms with Gasteiger partial charge >= 0.3 is 12.0 Å². The first kappa shape index (κ1) is 17.7. The van der Waals surface area contributed by atoms with E-state index in [9.17, 15) is 9.59 Å². The van der Waals surface area contributed by atoms with Crippen LogP contribution in [0.5, 0.6) is 0 Å². The van der Waals surface area contributed by atoms with Crippen LogP contribution < -0.4 is 5.32 Å². The predicted octanol–water partition coefficient (Wildman–Crippen LogP) is 1.70. The van der Waals surface area contributed by atoms with Crippen molar-refractivity contribution in [2.24, 2.45) is 0 Å². The first-order chi connectivity index (χ1) is 8.97. The molecule has 0 heterocycles. The molecule has 0 fully saturated rings. The first-order valence-corrected chi connectivity index (χ1v) is 6.76. The van der Waals surface area contributed by atoms with Gasteiger partial charge in [0.05, 0.1) is 6.61 Å². The molecular formula is C13H26N2O4. The Morgan fingerprint density at radius 2 is 2.00 bits per heavy atom. The first-order valence-electron chi connectivity index (χ1n) is 6.76. The summed E-state index contributed by atoms with van der Waals surface area (Å²) >= 11 is 0. The maximum Gasteiger partial charge on any atom is 0.326 e. The third kappa shape index (κ3) is 6.42. The zero-order valence-corrected chi connectivity index (χ0v) is 12.3. The standard InChI is InChI=1S/C13H26N2O4/c1-5-7-11(12(16)17)14-13(18)15(8-9-19-4)10(3)6-2/h10-11H,5-9H2,1-4H3,(H,14,18)(H,16,17)/t10?,11-/m0/s1. The number of hydrogen-bond donors (Lipinski definition) is 2. The molecule has 0 radical (unpaired) electrons. The van der Waals surface area contributed by atoms with Crippen LogP contribution in [0.25, 0.3) is 0 Å². The van der Waals surface area contributed by atoms with Crippen LogP contribution in [0.4, 0.5) is 4.79 Å². The number of carboxylic acids is 1. The van der Waals surface area contributed by atoms with E-state index in [0.29, 0.717) is 26.0 Å². The molecule has 0 rings (SSSR count). The van der Waals surface area contributed by atoms with E-state index in [0.717, 1.165) is 6.42 Å². The number of nitrogens with one attached hydrogen (secondary N) is 1. The lowest BCUT2D eigenvalue weighted by Gasteiger charge is -2.29. The number of hydrogen-bond acceptors (Lipinski definition) is 3. The Kier molecular flexibility index (Phi) is 8.95. The Balaban J connectivity index is 4.63. The zero-order valence-electron chi connectivity index (χ0n) is 12.3. The third-order valence-corrected chi connectivity index (χ3v) is 3.09. The molecule has 0 bridgehead atoms. The number of carbonyl (C=O) groups is 2. The molecule has 112 valence electrons. The topological polar surface area (TPSA) is 78.9 Å². The van der Waals surface area contributed by atoms with Gasteiger partial charge in [-0.25, -0.2) is 9.59 Å². The number of aliphatic carboxylic acids is 1. The van der Waals surface area contributed by atoms with Crippen LogP contribution in [0.1, 0.15) is 40.0 Å². The zero-order chi connectivity index (χ0) is 14.8. The van der Waals surface area contributed by atoms with Gasteiger partial charge in [-0.3, -0.25) is 0 Å². The summed E-state index contributed by atoms with van der Waals surface area (Å²) in [6.07, 6.45) is 1.95. The van der Waals surface area contributed by atoms with Crippen molar-refractivity contribution in [2.75, 3.05) is 20.3 Å². The molecule has 2 atom stereocenters. The largest absolute Gasteiger partial charge is 0.480 e. The molecule has 0 saturated heterocycles. The molecule has 1 unspecified atom stereocenters. The molecule has 0 aliphatic heterocycles. The summed E-state index contributed by atoms with van der Waals surface area (Å²) in [5.41, 5.74) is 0. The lowest BCUT2D eigenvalue weighted by Crippen LogP contribution is -2.51. The van der Waals surface area contributed by atoms with Crippen molar-refractivity contribution in [1.29, 1.82) is 0 Å². The van der Waals surface area contributed by atoms with Crippen molar-refractivity contribution >= 4 is 12.0 Å². The molecule has 2 amide bonds. The second kappa shape index (κ2) is 9.61. The van der Waals surface area contributed by atoms with Crippen molar-refractivity contribution < 1.29 is 19.4 Å². The summed E-state index contributed by atoms with van der Waals surface area (Å²) in [4.78, 5) is 24.8. The van der Waals surface area contributed by atoms with Gasteiger partial charge in [-0.15, -0.1) is 0 Å². The highest BCUT2D eigenvalue weighted by Gasteiger charge is 2.24. The average molecular weight is 274 g/mol. The molecule has 0 spiro atoms. The van der Waals surface area contributed by atoms with Gasteiger partial charge in [-0.05, 0) is 19.8 Å². The van der Waals surface area contributed by atoms with E-state index in [2.05, 4.69) is 5.32 Å². The van der Waals surface area contributed by atoms with Gasteiger partial charge in [0, 0.05) is 19.7 Å². The van der Waals surface area contributed by atoms with Crippen molar-refractivity contribution in [3.63, 3.8) is 0 Å². The maximum absolute atomic E-state index is 12.1. The van der Waals surface area contributed by atoms with Gasteiger partial charge in [0.25, 0.3) is 0 Å². The highest BCUT2D eigenvalue weighted by atomic mass is 16.5. The van der Waals surface area contributed by atoms with Crippen LogP contribution in [-0.4, -0.2) is 54.4 Å². The Morgan fingerprint density at radius 3 is 2.42 bits per heavy atom. The summed E-state index contributed by atoms with van der Waals surface area (Å²) in [7, 11) is 1.57. The van der Waals surface area contributed by atoms with E-state index in [4.69, 9.17) is 9.84 Å². The van der Waals surface area contributed by atoms with Gasteiger partial charge in [0.15, 0.2) is 0 Å². The summed E-state index contributed by atoms with van der Waals surface area (Å²) in [6.45, 7) is 6.70. The number of urea groups is 1. The number of nitrogens with zero attached hydrogens (tertiary/aromatic N) is 1. The molecule has 6 heteroatoms. The monoisotopic (exact) mass is 274 g/mol. The number of rotatable bonds is 9. The average Bonchev–Trinajstić information content (AvgIpc) is 2.38. The Labute approximate surface area is 115 Å². The number of carboxylic acid groups (broad SMARTS) is 1. The highest BCUT2D eigenvalue weighted by molar-refractivity contribution is 5.82. The molecular weight excluding hydrogens is 248 g/mol. The molecule has 19 heavy (non-hydrogen) atoms. The fourth-order valence-corrected chi connectivity index (χ4v) is 1.71. The summed E-state index contributed by atoms with van der Waals surface area (Å²) in [5, 5.41) is 11.6. The van der Waals surface area contributed by atoms with Crippen molar-refractivity contribution in [1.82, 2.24) is 10.2 Å². The Bertz CT molecular complexity index is 284. The van der Waals surface area contributed by atoms with Crippen LogP contribution in [0.3, 0.4) is 0 Å². The quantitative estimate of drug-likeness (QED) is 0.670. The van der Waals surface area contributed by atoms with E-state index in [-0.39, 0.29) is 12.1 Å². The van der Waals surface area contributed by atoms with Crippen LogP contribution in [0.15, 0.2) is 0 Å². The van der Waals surface area contributed by atoms with Crippen molar-refractivity contribution in [3.8, 4) is 0 Å². The maximum atomic E-state index is 12.1. The van der Waals surface area contributed by atoms with Crippen molar-refractivity contribution in [3.05, 3.63) is 0 Å². The SMILES string of the molecule is CCC[C@H](NC(=O)N(CCOC)C(C)CC)C(=O)O. The minimum Gasteiger partial charge on any atom is -0.480 e. The highest BCUT2D eigenvalue weighted by Crippen LogP contribution is 2.06. The minimum absolute atomic E-state index is 0.0474. The smallest absolute Gasteiger partial charge is 0.326 e. The summed E-state index contributed by atoms with van der Waals surface area (Å²) in [6, 6.07) is -1.12. The van der Waals surface area contributed by atoms with Crippen LogP contribution >= 0.6 is 0 Å². The fourth-order valence-electron chi connectivity index (χ4n) is 1.71. The van der Waals surface area contributed by atoms with E-state index in [1.807, 2.05) is 20.8 Å². The number of carbonyl (C=O) groups excluding carboxylic acids is 1. The normalized spacial score (nSPS) is 13.7. The number of amides is 2. The van der Waals surface area contributed by atoms with E-state index in [1.54, 1.807) is 12.0 Å². The van der Waals surface area contributed by atoms with Gasteiger partial charge in [-0.1, -0.05) is 20.3 Å². The Morgan fingerprint density at radius 1 is 1.37 bits per heavy atom. The lowest BCUT2D eigenvalue weighted by molar-refractivity contribution is -0.139. The second-order valence-corrected chi connectivity index (χ2v) is 4.57. The molecule has 0 saturated carbocycles. The van der Waals surface area contributed by atoms with Gasteiger partial charge in [0.2, 0.25) is 0 Å². The van der Waals surface area contributed by atoms with Crippen LogP contribution in [0, 0.1) is 0 Å². The number of methoxy groups -OCH3 is 1. The molecule has 0 aliphatic rings. The second-order valence-electron chi connectivity index (χ2n) is 4.57. The summed E-state index contributed by atoms with van der Waals surface area (Å²) < 4.78 is 4.98. The Hall–Kier alpha value is -1.30. The fraction of sp³-hybridized carbons (Fsp3) is 0.846. The molecule has 6 nitrogen and oxygen atoms in total. The van der Waals surface area contributed by atoms with E-state index < -0.39 is 12.0 Å². The van der Waals surface area contributed by atoms with Crippen molar-refractivity contribution in [2.45, 2.75) is 52.1 Å². The molecule has 0 aromatic heterocycles.